The smallest absolute Gasteiger partial charge is 0.410 e. The highest BCUT2D eigenvalue weighted by atomic mass is 16.6. The van der Waals surface area contributed by atoms with E-state index in [4.69, 9.17) is 15.2 Å². The largest absolute Gasteiger partial charge is 0.489 e. The molecule has 1 heterocycles. The third kappa shape index (κ3) is 5.15. The summed E-state index contributed by atoms with van der Waals surface area (Å²) in [6.07, 6.45) is 2.68. The standard InChI is InChI=1S/C20H30N2O3/c1-13(2)24-18-12-16(14(3)11-17(18)21)15-7-9-22(10-8-15)19(23)25-20(4,5)6/h7,11-13H,8-10,21H2,1-6H3. The second kappa shape index (κ2) is 7.38. The average Bonchev–Trinajstić information content (AvgIpc) is 2.48. The first-order valence-electron chi connectivity index (χ1n) is 8.81. The van der Waals surface area contributed by atoms with Crippen LogP contribution < -0.4 is 10.5 Å². The van der Waals surface area contributed by atoms with Crippen LogP contribution in [0, 0.1) is 6.92 Å². The van der Waals surface area contributed by atoms with E-state index in [-0.39, 0.29) is 12.2 Å². The van der Waals surface area contributed by atoms with E-state index in [0.29, 0.717) is 24.5 Å². The van der Waals surface area contributed by atoms with Gasteiger partial charge in [-0.1, -0.05) is 6.08 Å². The summed E-state index contributed by atoms with van der Waals surface area (Å²) in [7, 11) is 0. The molecule has 0 saturated heterocycles. The van der Waals surface area contributed by atoms with E-state index in [9.17, 15) is 4.79 Å². The highest BCUT2D eigenvalue weighted by Gasteiger charge is 2.24. The minimum atomic E-state index is -0.474. The molecule has 1 aromatic rings. The minimum Gasteiger partial charge on any atom is -0.489 e. The summed E-state index contributed by atoms with van der Waals surface area (Å²) < 4.78 is 11.3. The van der Waals surface area contributed by atoms with Crippen molar-refractivity contribution in [1.82, 2.24) is 4.90 Å². The Bertz CT molecular complexity index is 672. The monoisotopic (exact) mass is 346 g/mol. The first-order valence-corrected chi connectivity index (χ1v) is 8.81. The van der Waals surface area contributed by atoms with E-state index in [1.807, 2.05) is 53.7 Å². The molecule has 1 aliphatic heterocycles. The molecule has 5 nitrogen and oxygen atoms in total. The lowest BCUT2D eigenvalue weighted by atomic mass is 9.95. The SMILES string of the molecule is Cc1cc(N)c(OC(C)C)cc1C1=CCN(C(=O)OC(C)(C)C)CC1. The molecule has 5 heteroatoms. The number of amides is 1. The number of hydrogen-bond acceptors (Lipinski definition) is 4. The van der Waals surface area contributed by atoms with Crippen LogP contribution >= 0.6 is 0 Å². The molecule has 0 radical (unpaired) electrons. The molecule has 2 rings (SSSR count). The Morgan fingerprint density at radius 3 is 2.48 bits per heavy atom. The first kappa shape index (κ1) is 19.2. The number of nitrogens with zero attached hydrogens (tertiary/aromatic N) is 1. The molecule has 0 fully saturated rings. The van der Waals surface area contributed by atoms with Crippen molar-refractivity contribution in [2.24, 2.45) is 0 Å². The van der Waals surface area contributed by atoms with Crippen LogP contribution in [0.25, 0.3) is 5.57 Å². The average molecular weight is 346 g/mol. The number of benzene rings is 1. The van der Waals surface area contributed by atoms with Gasteiger partial charge in [-0.3, -0.25) is 0 Å². The second-order valence-electron chi connectivity index (χ2n) is 7.78. The third-order valence-electron chi connectivity index (χ3n) is 3.93. The normalized spacial score (nSPS) is 15.2. The van der Waals surface area contributed by atoms with E-state index in [0.717, 1.165) is 17.5 Å². The van der Waals surface area contributed by atoms with Gasteiger partial charge in [0.2, 0.25) is 0 Å². The first-order chi connectivity index (χ1) is 11.6. The van der Waals surface area contributed by atoms with Crippen LogP contribution in [0.3, 0.4) is 0 Å². The Kier molecular flexibility index (Phi) is 5.65. The fourth-order valence-corrected chi connectivity index (χ4v) is 2.82. The summed E-state index contributed by atoms with van der Waals surface area (Å²) in [6.45, 7) is 12.8. The Hall–Kier alpha value is -2.17. The molecule has 1 aliphatic rings. The van der Waals surface area contributed by atoms with Gasteiger partial charge < -0.3 is 20.1 Å². The van der Waals surface area contributed by atoms with Gasteiger partial charge in [0, 0.05) is 13.1 Å². The highest BCUT2D eigenvalue weighted by molar-refractivity contribution is 5.76. The number of nitrogen functional groups attached to an aromatic ring is 1. The van der Waals surface area contributed by atoms with Gasteiger partial charge >= 0.3 is 6.09 Å². The topological polar surface area (TPSA) is 64.8 Å². The van der Waals surface area contributed by atoms with Crippen LogP contribution in [0.15, 0.2) is 18.2 Å². The Morgan fingerprint density at radius 2 is 1.96 bits per heavy atom. The fraction of sp³-hybridized carbons (Fsp3) is 0.550. The number of nitrogens with two attached hydrogens (primary N) is 1. The maximum Gasteiger partial charge on any atom is 0.410 e. The molecule has 0 atom stereocenters. The summed E-state index contributed by atoms with van der Waals surface area (Å²) in [5.74, 6) is 0.714. The van der Waals surface area contributed by atoms with Crippen molar-refractivity contribution in [3.63, 3.8) is 0 Å². The van der Waals surface area contributed by atoms with Crippen LogP contribution in [0.2, 0.25) is 0 Å². The van der Waals surface area contributed by atoms with Crippen LogP contribution in [0.1, 0.15) is 52.2 Å². The molecule has 25 heavy (non-hydrogen) atoms. The van der Waals surface area contributed by atoms with Gasteiger partial charge in [-0.15, -0.1) is 0 Å². The molecule has 0 saturated carbocycles. The summed E-state index contributed by atoms with van der Waals surface area (Å²) in [5, 5.41) is 0. The van der Waals surface area contributed by atoms with E-state index in [1.54, 1.807) is 4.90 Å². The Balaban J connectivity index is 2.17. The van der Waals surface area contributed by atoms with Crippen LogP contribution in [0.4, 0.5) is 10.5 Å². The van der Waals surface area contributed by atoms with E-state index >= 15 is 0 Å². The molecule has 0 bridgehead atoms. The molecule has 0 aliphatic carbocycles. The maximum absolute atomic E-state index is 12.2. The quantitative estimate of drug-likeness (QED) is 0.825. The van der Waals surface area contributed by atoms with Gasteiger partial charge in [0.05, 0.1) is 11.8 Å². The van der Waals surface area contributed by atoms with Crippen molar-refractivity contribution in [3.8, 4) is 5.75 Å². The van der Waals surface area contributed by atoms with Crippen LogP contribution in [-0.4, -0.2) is 35.8 Å². The lowest BCUT2D eigenvalue weighted by molar-refractivity contribution is 0.0270. The van der Waals surface area contributed by atoms with Crippen molar-refractivity contribution in [2.45, 2.75) is 59.7 Å². The van der Waals surface area contributed by atoms with Crippen molar-refractivity contribution < 1.29 is 14.3 Å². The number of rotatable bonds is 3. The Morgan fingerprint density at radius 1 is 1.28 bits per heavy atom. The van der Waals surface area contributed by atoms with E-state index in [1.165, 1.54) is 5.57 Å². The van der Waals surface area contributed by atoms with Crippen molar-refractivity contribution in [3.05, 3.63) is 29.3 Å². The van der Waals surface area contributed by atoms with Gasteiger partial charge in [-0.25, -0.2) is 4.79 Å². The van der Waals surface area contributed by atoms with Gasteiger partial charge in [-0.2, -0.15) is 0 Å². The zero-order valence-corrected chi connectivity index (χ0v) is 16.2. The lowest BCUT2D eigenvalue weighted by Crippen LogP contribution is -2.39. The van der Waals surface area contributed by atoms with Gasteiger partial charge in [-0.05, 0) is 76.8 Å². The molecule has 0 aromatic heterocycles. The van der Waals surface area contributed by atoms with Gasteiger partial charge in [0.15, 0.2) is 0 Å². The Labute approximate surface area is 150 Å². The van der Waals surface area contributed by atoms with Gasteiger partial charge in [0.1, 0.15) is 11.4 Å². The molecule has 0 spiro atoms. The van der Waals surface area contributed by atoms with Crippen molar-refractivity contribution in [1.29, 1.82) is 0 Å². The summed E-state index contributed by atoms with van der Waals surface area (Å²) in [5.41, 5.74) is 9.72. The van der Waals surface area contributed by atoms with Gasteiger partial charge in [0.25, 0.3) is 0 Å². The van der Waals surface area contributed by atoms with Crippen molar-refractivity contribution in [2.75, 3.05) is 18.8 Å². The molecule has 1 amide bonds. The number of ether oxygens (including phenoxy) is 2. The molecule has 2 N–H and O–H groups in total. The minimum absolute atomic E-state index is 0.0702. The number of anilines is 1. The summed E-state index contributed by atoms with van der Waals surface area (Å²) >= 11 is 0. The van der Waals surface area contributed by atoms with Crippen LogP contribution in [-0.2, 0) is 4.74 Å². The number of hydrogen-bond donors (Lipinski definition) is 1. The molecular weight excluding hydrogens is 316 g/mol. The summed E-state index contributed by atoms with van der Waals surface area (Å²) in [6, 6.07) is 3.97. The maximum atomic E-state index is 12.2. The molecule has 0 unspecified atom stereocenters. The predicted octanol–water partition coefficient (Wildman–Crippen LogP) is 4.39. The molecular formula is C20H30N2O3. The predicted molar refractivity (Wildman–Crippen MR) is 102 cm³/mol. The fourth-order valence-electron chi connectivity index (χ4n) is 2.82. The highest BCUT2D eigenvalue weighted by Crippen LogP contribution is 2.33. The zero-order valence-electron chi connectivity index (χ0n) is 16.2. The second-order valence-corrected chi connectivity index (χ2v) is 7.78. The van der Waals surface area contributed by atoms with E-state index in [2.05, 4.69) is 6.08 Å². The van der Waals surface area contributed by atoms with E-state index < -0.39 is 5.60 Å². The summed E-state index contributed by atoms with van der Waals surface area (Å²) in [4.78, 5) is 13.9. The zero-order chi connectivity index (χ0) is 18.8. The molecule has 1 aromatic carbocycles. The number of carbonyl (C=O) groups excluding carboxylic acids is 1. The molecule has 138 valence electrons. The lowest BCUT2D eigenvalue weighted by Gasteiger charge is -2.30. The number of carbonyl (C=O) groups is 1. The number of aryl methyl sites for hydroxylation is 1. The third-order valence-corrected chi connectivity index (χ3v) is 3.93. The van der Waals surface area contributed by atoms with Crippen molar-refractivity contribution >= 4 is 17.4 Å². The van der Waals surface area contributed by atoms with Crippen LogP contribution in [0.5, 0.6) is 5.75 Å².